The summed E-state index contributed by atoms with van der Waals surface area (Å²) in [6.45, 7) is 2.46. The number of likely N-dealkylation sites (tertiary alicyclic amines) is 1. The average molecular weight is 383 g/mol. The SMILES string of the molecule is O=C(NCC1CCN(C2CCSC2)CC1)C(=O)Nc1cc(F)ccc1F. The molecule has 142 valence electrons. The molecule has 1 unspecified atom stereocenters. The number of carbonyl (C=O) groups is 2. The minimum atomic E-state index is -0.991. The highest BCUT2D eigenvalue weighted by molar-refractivity contribution is 7.99. The minimum Gasteiger partial charge on any atom is -0.348 e. The third kappa shape index (κ3) is 4.94. The van der Waals surface area contributed by atoms with Crippen LogP contribution in [0.4, 0.5) is 14.5 Å². The number of anilines is 1. The summed E-state index contributed by atoms with van der Waals surface area (Å²) in [6, 6.07) is 3.38. The summed E-state index contributed by atoms with van der Waals surface area (Å²) in [6.07, 6.45) is 3.23. The van der Waals surface area contributed by atoms with E-state index in [1.54, 1.807) is 0 Å². The van der Waals surface area contributed by atoms with E-state index in [9.17, 15) is 18.4 Å². The van der Waals surface area contributed by atoms with Crippen LogP contribution in [0.5, 0.6) is 0 Å². The van der Waals surface area contributed by atoms with Crippen LogP contribution < -0.4 is 10.6 Å². The zero-order chi connectivity index (χ0) is 18.5. The molecule has 3 rings (SSSR count). The number of benzene rings is 1. The largest absolute Gasteiger partial charge is 0.348 e. The summed E-state index contributed by atoms with van der Waals surface area (Å²) in [7, 11) is 0. The quantitative estimate of drug-likeness (QED) is 0.783. The Balaban J connectivity index is 1.41. The molecule has 2 N–H and O–H groups in total. The lowest BCUT2D eigenvalue weighted by molar-refractivity contribution is -0.136. The number of hydrogen-bond donors (Lipinski definition) is 2. The number of thioether (sulfide) groups is 1. The number of carbonyl (C=O) groups excluding carboxylic acids is 2. The van der Waals surface area contributed by atoms with Crippen LogP contribution in [0.3, 0.4) is 0 Å². The number of hydrogen-bond acceptors (Lipinski definition) is 4. The zero-order valence-electron chi connectivity index (χ0n) is 14.5. The molecule has 2 aliphatic heterocycles. The van der Waals surface area contributed by atoms with E-state index >= 15 is 0 Å². The molecular weight excluding hydrogens is 360 g/mol. The van der Waals surface area contributed by atoms with Crippen LogP contribution in [0.2, 0.25) is 0 Å². The van der Waals surface area contributed by atoms with E-state index in [2.05, 4.69) is 15.5 Å². The van der Waals surface area contributed by atoms with Gasteiger partial charge in [-0.25, -0.2) is 8.78 Å². The van der Waals surface area contributed by atoms with Gasteiger partial charge in [-0.3, -0.25) is 14.5 Å². The van der Waals surface area contributed by atoms with Crippen LogP contribution in [-0.4, -0.2) is 53.9 Å². The van der Waals surface area contributed by atoms with E-state index < -0.39 is 23.4 Å². The summed E-state index contributed by atoms with van der Waals surface area (Å²) < 4.78 is 26.6. The number of nitrogens with one attached hydrogen (secondary N) is 2. The van der Waals surface area contributed by atoms with Gasteiger partial charge >= 0.3 is 11.8 Å². The molecule has 0 aliphatic carbocycles. The fourth-order valence-electron chi connectivity index (χ4n) is 3.42. The third-order valence-electron chi connectivity index (χ3n) is 5.01. The Hall–Kier alpha value is -1.67. The van der Waals surface area contributed by atoms with Crippen molar-refractivity contribution < 1.29 is 18.4 Å². The van der Waals surface area contributed by atoms with Gasteiger partial charge in [0.05, 0.1) is 5.69 Å². The third-order valence-corrected chi connectivity index (χ3v) is 6.15. The van der Waals surface area contributed by atoms with Gasteiger partial charge in [0, 0.05) is 24.4 Å². The van der Waals surface area contributed by atoms with Gasteiger partial charge in [-0.1, -0.05) is 0 Å². The van der Waals surface area contributed by atoms with E-state index in [0.717, 1.165) is 44.1 Å². The maximum absolute atomic E-state index is 13.5. The monoisotopic (exact) mass is 383 g/mol. The van der Waals surface area contributed by atoms with Crippen molar-refractivity contribution in [2.75, 3.05) is 36.5 Å². The van der Waals surface area contributed by atoms with Gasteiger partial charge in [0.15, 0.2) is 0 Å². The first-order valence-corrected chi connectivity index (χ1v) is 10.0. The van der Waals surface area contributed by atoms with Crippen molar-refractivity contribution in [3.8, 4) is 0 Å². The Morgan fingerprint density at radius 1 is 1.15 bits per heavy atom. The van der Waals surface area contributed by atoms with Gasteiger partial charge in [0.2, 0.25) is 0 Å². The van der Waals surface area contributed by atoms with Gasteiger partial charge in [-0.05, 0) is 56.2 Å². The molecule has 2 saturated heterocycles. The Kier molecular flexibility index (Phi) is 6.48. The molecule has 2 heterocycles. The smallest absolute Gasteiger partial charge is 0.313 e. The molecule has 0 aromatic heterocycles. The van der Waals surface area contributed by atoms with Crippen molar-refractivity contribution in [3.05, 3.63) is 29.8 Å². The Labute approximate surface area is 155 Å². The van der Waals surface area contributed by atoms with E-state index in [1.165, 1.54) is 17.9 Å². The molecule has 1 aromatic rings. The summed E-state index contributed by atoms with van der Waals surface area (Å²) in [5, 5.41) is 4.71. The van der Waals surface area contributed by atoms with Crippen molar-refractivity contribution in [1.29, 1.82) is 0 Å². The highest BCUT2D eigenvalue weighted by Crippen LogP contribution is 2.26. The first-order valence-electron chi connectivity index (χ1n) is 8.89. The average Bonchev–Trinajstić information content (AvgIpc) is 3.18. The van der Waals surface area contributed by atoms with Crippen LogP contribution in [0.1, 0.15) is 19.3 Å². The van der Waals surface area contributed by atoms with Crippen LogP contribution in [0.25, 0.3) is 0 Å². The zero-order valence-corrected chi connectivity index (χ0v) is 15.3. The van der Waals surface area contributed by atoms with E-state index in [1.807, 2.05) is 11.8 Å². The minimum absolute atomic E-state index is 0.336. The lowest BCUT2D eigenvalue weighted by Gasteiger charge is -2.35. The molecule has 0 spiro atoms. The molecule has 0 radical (unpaired) electrons. The van der Waals surface area contributed by atoms with Gasteiger partial charge in [0.1, 0.15) is 11.6 Å². The second kappa shape index (κ2) is 8.81. The maximum atomic E-state index is 13.5. The summed E-state index contributed by atoms with van der Waals surface area (Å²) in [5.41, 5.74) is -0.340. The van der Waals surface area contributed by atoms with Crippen LogP contribution in [0.15, 0.2) is 18.2 Å². The molecule has 1 aromatic carbocycles. The van der Waals surface area contributed by atoms with Crippen molar-refractivity contribution in [3.63, 3.8) is 0 Å². The van der Waals surface area contributed by atoms with Crippen molar-refractivity contribution in [2.45, 2.75) is 25.3 Å². The summed E-state index contributed by atoms with van der Waals surface area (Å²) in [4.78, 5) is 26.3. The Morgan fingerprint density at radius 2 is 1.92 bits per heavy atom. The Bertz CT molecular complexity index is 660. The topological polar surface area (TPSA) is 61.4 Å². The predicted octanol–water partition coefficient (Wildman–Crippen LogP) is 2.24. The molecule has 1 atom stereocenters. The van der Waals surface area contributed by atoms with Gasteiger partial charge < -0.3 is 10.6 Å². The molecule has 0 saturated carbocycles. The highest BCUT2D eigenvalue weighted by Gasteiger charge is 2.28. The first-order chi connectivity index (χ1) is 12.5. The Morgan fingerprint density at radius 3 is 2.62 bits per heavy atom. The van der Waals surface area contributed by atoms with Crippen molar-refractivity contribution in [1.82, 2.24) is 10.2 Å². The van der Waals surface area contributed by atoms with Gasteiger partial charge in [0.25, 0.3) is 0 Å². The van der Waals surface area contributed by atoms with E-state index in [-0.39, 0.29) is 5.69 Å². The summed E-state index contributed by atoms with van der Waals surface area (Å²) in [5.74, 6) is -0.513. The maximum Gasteiger partial charge on any atom is 0.313 e. The first kappa shape index (κ1) is 19.1. The lowest BCUT2D eigenvalue weighted by atomic mass is 9.95. The van der Waals surface area contributed by atoms with Crippen molar-refractivity contribution in [2.24, 2.45) is 5.92 Å². The number of amides is 2. The van der Waals surface area contributed by atoms with Crippen LogP contribution in [-0.2, 0) is 9.59 Å². The molecule has 0 bridgehead atoms. The predicted molar refractivity (Wildman–Crippen MR) is 98.0 cm³/mol. The van der Waals surface area contributed by atoms with Gasteiger partial charge in [-0.2, -0.15) is 11.8 Å². The van der Waals surface area contributed by atoms with E-state index in [0.29, 0.717) is 18.5 Å². The fourth-order valence-corrected chi connectivity index (χ4v) is 4.68. The normalized spacial score (nSPS) is 21.5. The molecule has 2 amide bonds. The highest BCUT2D eigenvalue weighted by atomic mass is 32.2. The molecule has 2 aliphatic rings. The molecule has 26 heavy (non-hydrogen) atoms. The van der Waals surface area contributed by atoms with Crippen LogP contribution in [0, 0.1) is 17.6 Å². The number of nitrogens with zero attached hydrogens (tertiary/aromatic N) is 1. The van der Waals surface area contributed by atoms with E-state index in [4.69, 9.17) is 0 Å². The lowest BCUT2D eigenvalue weighted by Crippen LogP contribution is -2.45. The number of piperidine rings is 1. The van der Waals surface area contributed by atoms with Gasteiger partial charge in [-0.15, -0.1) is 0 Å². The number of halogens is 2. The van der Waals surface area contributed by atoms with Crippen LogP contribution >= 0.6 is 11.8 Å². The number of rotatable bonds is 4. The molecule has 2 fully saturated rings. The second-order valence-corrected chi connectivity index (χ2v) is 7.93. The van der Waals surface area contributed by atoms with Crippen molar-refractivity contribution >= 4 is 29.3 Å². The molecule has 5 nitrogen and oxygen atoms in total. The fraction of sp³-hybridized carbons (Fsp3) is 0.556. The second-order valence-electron chi connectivity index (χ2n) is 6.79. The standard InChI is InChI=1S/C18H23F2N3O2S/c19-13-1-2-15(20)16(9-13)22-18(25)17(24)21-10-12-3-6-23(7-4-12)14-5-8-26-11-14/h1-2,9,12,14H,3-8,10-11H2,(H,21,24)(H,22,25). The molecular formula is C18H23F2N3O2S. The summed E-state index contributed by atoms with van der Waals surface area (Å²) >= 11 is 2.00. The molecule has 8 heteroatoms.